The van der Waals surface area contributed by atoms with Crippen LogP contribution in [-0.4, -0.2) is 176 Å². The number of oxime groups is 3. The highest BCUT2D eigenvalue weighted by Crippen LogP contribution is 2.39. The molecular formula is C68H85N9O16S7. The molecule has 25 nitrogen and oxygen atoms in total. The van der Waals surface area contributed by atoms with Crippen LogP contribution >= 0.6 is 46.2 Å². The fourth-order valence-electron chi connectivity index (χ4n) is 11.5. The summed E-state index contributed by atoms with van der Waals surface area (Å²) in [5.41, 5.74) is 0.711. The number of rotatable bonds is 24. The van der Waals surface area contributed by atoms with Gasteiger partial charge in [-0.05, 0) is 186 Å². The van der Waals surface area contributed by atoms with E-state index in [4.69, 9.17) is 24.0 Å². The molecule has 13 rings (SSSR count). The molecule has 32 heteroatoms. The Balaban J connectivity index is 0.000000157. The van der Waals surface area contributed by atoms with E-state index in [-0.39, 0.29) is 72.0 Å². The zero-order valence-electron chi connectivity index (χ0n) is 56.0. The van der Waals surface area contributed by atoms with Crippen LogP contribution in [0.25, 0.3) is 0 Å². The van der Waals surface area contributed by atoms with E-state index in [0.717, 1.165) is 98.6 Å². The SMILES string of the molecule is CC(C)(C)OC(=O)N1CCC(Sc2cnc(NC(=O)/C(=N/OC3CCCC3)c3ccc(S(=O)(=O)C4CC4)cc3)s2)CC1.O=C(Nc1ncc(SC2CCNCC2)s1)/C(=N/OC1CCCC1)c1ccc(S(=O)(=O)C2CC2)cc1.O=C(O)/C(=N/O[C@@H]1CCOC1)c1ccc(S(=O)(=O)C2CC2)cc1. The summed E-state index contributed by atoms with van der Waals surface area (Å²) in [5.74, 6) is -2.13. The van der Waals surface area contributed by atoms with Gasteiger partial charge in [0.1, 0.15) is 17.8 Å². The third-order valence-corrected chi connectivity index (χ3v) is 29.2. The number of nitrogens with one attached hydrogen (secondary N) is 3. The maximum atomic E-state index is 13.4. The largest absolute Gasteiger partial charge is 0.476 e. The van der Waals surface area contributed by atoms with E-state index in [1.165, 1.54) is 59.1 Å². The van der Waals surface area contributed by atoms with E-state index in [1.807, 2.05) is 32.5 Å². The lowest BCUT2D eigenvalue weighted by Crippen LogP contribution is -2.42. The van der Waals surface area contributed by atoms with Crippen molar-refractivity contribution in [2.45, 2.75) is 216 Å². The lowest BCUT2D eigenvalue weighted by atomic mass is 10.1. The van der Waals surface area contributed by atoms with Gasteiger partial charge in [-0.15, -0.1) is 23.5 Å². The first-order valence-electron chi connectivity index (χ1n) is 34.1. The molecule has 100 heavy (non-hydrogen) atoms. The number of ether oxygens (including phenoxy) is 2. The maximum absolute atomic E-state index is 13.4. The highest BCUT2D eigenvalue weighted by Gasteiger charge is 2.40. The van der Waals surface area contributed by atoms with Gasteiger partial charge in [0.05, 0.1) is 64.5 Å². The molecule has 5 heterocycles. The van der Waals surface area contributed by atoms with E-state index < -0.39 is 52.9 Å². The number of thiazole rings is 2. The number of hydrogen-bond donors (Lipinski definition) is 4. The van der Waals surface area contributed by atoms with Crippen LogP contribution < -0.4 is 16.0 Å². The molecule has 0 unspecified atom stereocenters. The van der Waals surface area contributed by atoms with Gasteiger partial charge in [0.15, 0.2) is 63.0 Å². The molecule has 540 valence electrons. The molecule has 0 radical (unpaired) electrons. The highest BCUT2D eigenvalue weighted by molar-refractivity contribution is 8.02. The van der Waals surface area contributed by atoms with Gasteiger partial charge in [-0.25, -0.2) is 44.8 Å². The predicted molar refractivity (Wildman–Crippen MR) is 384 cm³/mol. The molecule has 8 fully saturated rings. The molecule has 3 aliphatic heterocycles. The second kappa shape index (κ2) is 33.7. The second-order valence-corrected chi connectivity index (χ2v) is 38.7. The second-order valence-electron chi connectivity index (χ2n) is 26.8. The van der Waals surface area contributed by atoms with Crippen LogP contribution in [-0.2, 0) is 67.9 Å². The molecule has 4 N–H and O–H groups in total. The number of thioether (sulfide) groups is 2. The minimum atomic E-state index is -3.33. The molecule has 3 aromatic carbocycles. The molecular weight excluding hydrogens is 1420 g/mol. The number of aliphatic carboxylic acids is 1. The molecule has 8 aliphatic rings. The number of piperidine rings is 2. The lowest BCUT2D eigenvalue weighted by molar-refractivity contribution is -0.129. The number of carboxylic acid groups (broad SMARTS) is 1. The Labute approximate surface area is 599 Å². The van der Waals surface area contributed by atoms with E-state index in [1.54, 1.807) is 65.5 Å². The topological polar surface area (TPSA) is 339 Å². The van der Waals surface area contributed by atoms with Gasteiger partial charge < -0.3 is 39.3 Å². The number of carbonyl (C=O) groups is 4. The monoisotopic (exact) mass is 1510 g/mol. The molecule has 3 saturated heterocycles. The van der Waals surface area contributed by atoms with Crippen molar-refractivity contribution < 1.29 is 73.5 Å². The van der Waals surface area contributed by atoms with Crippen LogP contribution in [0.5, 0.6) is 0 Å². The minimum Gasteiger partial charge on any atom is -0.476 e. The van der Waals surface area contributed by atoms with Crippen LogP contribution in [0.3, 0.4) is 0 Å². The molecule has 1 atom stereocenters. The first kappa shape index (κ1) is 74.7. The van der Waals surface area contributed by atoms with Crippen molar-refractivity contribution in [2.75, 3.05) is 50.0 Å². The van der Waals surface area contributed by atoms with Crippen LogP contribution in [0.15, 0.2) is 124 Å². The standard InChI is InChI=1S/C29H38N4O6S3.C24H30N4O4S3.C15H17NO6S/c1-29(2,3)38-28(35)33-16-14-21(15-17-33)40-24-18-30-27(41-24)31-26(34)25(32-39-20-6-4-5-7-20)19-8-10-22(11-9-19)42(36,37)23-12-13-23;29-23(27-24-26-15-21(34-24)33-18-11-13-25-14-12-18)22(28-32-17-3-1-2-4-17)16-5-7-19(8-6-16)35(30,31)20-9-10-20;17-15(18)14(16-22-11-7-8-21-9-11)10-1-3-12(4-2-10)23(19,20)13-5-6-13/h8-11,18,20-21,23H,4-7,12-17H2,1-3H3,(H,30,31,34);5-8,15,17-18,20,25H,1-4,9-14H2,(H,26,27,29);1-4,11,13H,5-9H2,(H,17,18)/b32-25+;28-22+;16-14+/t;;11-/m..1/s1. The van der Waals surface area contributed by atoms with Crippen molar-refractivity contribution in [3.05, 3.63) is 102 Å². The van der Waals surface area contributed by atoms with Crippen molar-refractivity contribution >= 4 is 127 Å². The van der Waals surface area contributed by atoms with Crippen LogP contribution in [0, 0.1) is 0 Å². The number of sulfone groups is 3. The average Bonchev–Trinajstić information content (AvgIpc) is 1.62. The highest BCUT2D eigenvalue weighted by atomic mass is 32.2. The number of amides is 3. The molecule has 5 saturated carbocycles. The fraction of sp³-hybridized carbons (Fsp3) is 0.544. The summed E-state index contributed by atoms with van der Waals surface area (Å²) >= 11 is 6.34. The van der Waals surface area contributed by atoms with Crippen LogP contribution in [0.1, 0.15) is 159 Å². The Bertz CT molecular complexity index is 4100. The predicted octanol–water partition coefficient (Wildman–Crippen LogP) is 11.3. The van der Waals surface area contributed by atoms with Crippen LogP contribution in [0.4, 0.5) is 15.1 Å². The Hall–Kier alpha value is -6.52. The molecule has 5 aromatic rings. The smallest absolute Gasteiger partial charge is 0.410 e. The zero-order valence-corrected chi connectivity index (χ0v) is 61.7. The van der Waals surface area contributed by atoms with Crippen molar-refractivity contribution in [1.29, 1.82) is 0 Å². The summed E-state index contributed by atoms with van der Waals surface area (Å²) in [7, 11) is -9.92. The Kier molecular flexibility index (Phi) is 25.2. The number of carboxylic acids is 1. The third-order valence-electron chi connectivity index (χ3n) is 17.6. The van der Waals surface area contributed by atoms with E-state index in [9.17, 15) is 49.5 Å². The van der Waals surface area contributed by atoms with Crippen LogP contribution in [0.2, 0.25) is 0 Å². The van der Waals surface area contributed by atoms with Gasteiger partial charge in [-0.2, -0.15) is 0 Å². The third kappa shape index (κ3) is 20.9. The Morgan fingerprint density at radius 2 is 0.920 bits per heavy atom. The number of nitrogens with zero attached hydrogens (tertiary/aromatic N) is 6. The van der Waals surface area contributed by atoms with Gasteiger partial charge >= 0.3 is 12.1 Å². The average molecular weight is 1510 g/mol. The molecule has 3 amide bonds. The van der Waals surface area contributed by atoms with Crippen molar-refractivity contribution in [3.63, 3.8) is 0 Å². The van der Waals surface area contributed by atoms with Gasteiger partial charge in [0.2, 0.25) is 0 Å². The number of aromatic nitrogens is 2. The maximum Gasteiger partial charge on any atom is 0.410 e. The fourth-order valence-corrected chi connectivity index (χ4v) is 21.1. The lowest BCUT2D eigenvalue weighted by Gasteiger charge is -2.33. The normalized spacial score (nSPS) is 20.2. The molecule has 5 aliphatic carbocycles. The Morgan fingerprint density at radius 1 is 0.540 bits per heavy atom. The van der Waals surface area contributed by atoms with E-state index in [2.05, 4.69) is 41.4 Å². The number of benzene rings is 3. The number of likely N-dealkylation sites (tertiary alicyclic amines) is 1. The van der Waals surface area contributed by atoms with Gasteiger partial charge in [-0.1, -0.05) is 74.5 Å². The Morgan fingerprint density at radius 3 is 1.29 bits per heavy atom. The first-order valence-corrected chi connectivity index (χ1v) is 42.1. The van der Waals surface area contributed by atoms with Crippen molar-refractivity contribution in [2.24, 2.45) is 15.5 Å². The van der Waals surface area contributed by atoms with Gasteiger partial charge in [-0.3, -0.25) is 20.2 Å². The molecule has 0 bridgehead atoms. The summed E-state index contributed by atoms with van der Waals surface area (Å²) in [6.45, 7) is 9.87. The first-order chi connectivity index (χ1) is 47.9. The number of carbonyl (C=O) groups excluding carboxylic acids is 3. The number of hydrogen-bond acceptors (Lipinski definition) is 25. The molecule has 2 aromatic heterocycles. The quantitative estimate of drug-likeness (QED) is 0.0329. The van der Waals surface area contributed by atoms with Gasteiger partial charge in [0.25, 0.3) is 11.8 Å². The van der Waals surface area contributed by atoms with E-state index >= 15 is 0 Å². The number of anilines is 2. The summed E-state index contributed by atoms with van der Waals surface area (Å²) < 4.78 is 87.3. The zero-order chi connectivity index (χ0) is 70.6. The van der Waals surface area contributed by atoms with Gasteiger partial charge in [0, 0.05) is 46.7 Å². The van der Waals surface area contributed by atoms with E-state index in [0.29, 0.717) is 109 Å². The summed E-state index contributed by atoms with van der Waals surface area (Å²) in [6.07, 6.45) is 19.6. The summed E-state index contributed by atoms with van der Waals surface area (Å²) in [5, 5.41) is 31.5. The van der Waals surface area contributed by atoms with Crippen molar-refractivity contribution in [3.8, 4) is 0 Å². The van der Waals surface area contributed by atoms with Crippen molar-refractivity contribution in [1.82, 2.24) is 20.2 Å². The minimum absolute atomic E-state index is 0.000154. The summed E-state index contributed by atoms with van der Waals surface area (Å²) in [6, 6.07) is 18.4. The summed E-state index contributed by atoms with van der Waals surface area (Å²) in [4.78, 5) is 78.2. The molecule has 0 spiro atoms.